The quantitative estimate of drug-likeness (QED) is 0.756. The molecule has 0 atom stereocenters. The molecular formula is C14H11ClN4O. The largest absolute Gasteiger partial charge is 0.323 e. The van der Waals surface area contributed by atoms with Crippen molar-refractivity contribution in [3.05, 3.63) is 59.9 Å². The van der Waals surface area contributed by atoms with Crippen molar-refractivity contribution in [3.8, 4) is 0 Å². The average Bonchev–Trinajstić information content (AvgIpc) is 2.89. The molecule has 0 aliphatic carbocycles. The highest BCUT2D eigenvalue weighted by molar-refractivity contribution is 6.30. The third-order valence-electron chi connectivity index (χ3n) is 2.76. The Morgan fingerprint density at radius 3 is 2.60 bits per heavy atom. The van der Waals surface area contributed by atoms with Gasteiger partial charge in [-0.2, -0.15) is 5.10 Å². The lowest BCUT2D eigenvalue weighted by atomic mass is 10.3. The van der Waals surface area contributed by atoms with Crippen LogP contribution in [0.5, 0.6) is 0 Å². The second-order valence-electron chi connectivity index (χ2n) is 4.20. The minimum Gasteiger partial charge on any atom is -0.308 e. The van der Waals surface area contributed by atoms with Gasteiger partial charge in [-0.15, -0.1) is 0 Å². The Hall–Kier alpha value is -2.53. The molecule has 20 heavy (non-hydrogen) atoms. The van der Waals surface area contributed by atoms with E-state index in [0.717, 1.165) is 5.52 Å². The molecule has 2 amide bonds. The first-order chi connectivity index (χ1) is 9.70. The smallest absolute Gasteiger partial charge is 0.308 e. The van der Waals surface area contributed by atoms with Crippen LogP contribution in [0.2, 0.25) is 5.02 Å². The number of hydrogen-bond acceptors (Lipinski definition) is 2. The van der Waals surface area contributed by atoms with Gasteiger partial charge in [-0.25, -0.2) is 9.31 Å². The number of aromatic nitrogens is 2. The van der Waals surface area contributed by atoms with Crippen LogP contribution in [0, 0.1) is 0 Å². The van der Waals surface area contributed by atoms with Gasteiger partial charge in [0.2, 0.25) is 0 Å². The van der Waals surface area contributed by atoms with Crippen molar-refractivity contribution in [1.82, 2.24) is 9.61 Å². The highest BCUT2D eigenvalue weighted by Gasteiger charge is 2.03. The van der Waals surface area contributed by atoms with Crippen LogP contribution in [0.1, 0.15) is 0 Å². The maximum atomic E-state index is 11.9. The monoisotopic (exact) mass is 286 g/mol. The third kappa shape index (κ3) is 2.73. The number of pyridine rings is 1. The lowest BCUT2D eigenvalue weighted by molar-refractivity contribution is 0.262. The molecule has 0 aliphatic heterocycles. The fourth-order valence-corrected chi connectivity index (χ4v) is 1.95. The molecule has 3 rings (SSSR count). The molecule has 0 fully saturated rings. The van der Waals surface area contributed by atoms with E-state index in [1.54, 1.807) is 47.2 Å². The van der Waals surface area contributed by atoms with E-state index in [2.05, 4.69) is 15.7 Å². The number of benzene rings is 1. The summed E-state index contributed by atoms with van der Waals surface area (Å²) in [7, 11) is 0. The number of nitrogens with one attached hydrogen (secondary N) is 2. The summed E-state index contributed by atoms with van der Waals surface area (Å²) in [5.41, 5.74) is 2.29. The maximum absolute atomic E-state index is 11.9. The van der Waals surface area contributed by atoms with Gasteiger partial charge in [-0.1, -0.05) is 11.6 Å². The molecule has 2 N–H and O–H groups in total. The third-order valence-corrected chi connectivity index (χ3v) is 3.01. The minimum atomic E-state index is -0.309. The van der Waals surface area contributed by atoms with E-state index < -0.39 is 0 Å². The molecule has 3 aromatic rings. The summed E-state index contributed by atoms with van der Waals surface area (Å²) in [6, 6.07) is 12.1. The first kappa shape index (κ1) is 12.5. The van der Waals surface area contributed by atoms with Crippen LogP contribution < -0.4 is 10.6 Å². The topological polar surface area (TPSA) is 58.4 Å². The predicted octanol–water partition coefficient (Wildman–Crippen LogP) is 3.63. The van der Waals surface area contributed by atoms with Crippen molar-refractivity contribution in [2.45, 2.75) is 0 Å². The lowest BCUT2D eigenvalue weighted by Crippen LogP contribution is -2.19. The number of halogens is 1. The van der Waals surface area contributed by atoms with Crippen LogP contribution in [0.4, 0.5) is 16.2 Å². The summed E-state index contributed by atoms with van der Waals surface area (Å²) in [6.07, 6.45) is 3.49. The van der Waals surface area contributed by atoms with Gasteiger partial charge < -0.3 is 10.6 Å². The van der Waals surface area contributed by atoms with E-state index in [0.29, 0.717) is 16.4 Å². The first-order valence-corrected chi connectivity index (χ1v) is 6.35. The van der Waals surface area contributed by atoms with Crippen molar-refractivity contribution in [3.63, 3.8) is 0 Å². The summed E-state index contributed by atoms with van der Waals surface area (Å²) in [6.45, 7) is 0. The Bertz CT molecular complexity index is 751. The molecule has 0 unspecified atom stereocenters. The Balaban J connectivity index is 1.70. The number of rotatable bonds is 2. The van der Waals surface area contributed by atoms with Crippen LogP contribution in [0.3, 0.4) is 0 Å². The minimum absolute atomic E-state index is 0.309. The molecule has 0 aliphatic rings. The zero-order valence-corrected chi connectivity index (χ0v) is 11.1. The predicted molar refractivity (Wildman–Crippen MR) is 79.3 cm³/mol. The van der Waals surface area contributed by atoms with E-state index in [9.17, 15) is 4.79 Å². The normalized spacial score (nSPS) is 10.4. The van der Waals surface area contributed by atoms with Gasteiger partial charge in [0, 0.05) is 28.8 Å². The summed E-state index contributed by atoms with van der Waals surface area (Å²) in [4.78, 5) is 11.9. The van der Waals surface area contributed by atoms with Crippen molar-refractivity contribution >= 4 is 34.5 Å². The zero-order valence-electron chi connectivity index (χ0n) is 10.4. The van der Waals surface area contributed by atoms with E-state index in [4.69, 9.17) is 11.6 Å². The van der Waals surface area contributed by atoms with Crippen molar-refractivity contribution in [2.24, 2.45) is 0 Å². The maximum Gasteiger partial charge on any atom is 0.323 e. The fraction of sp³-hybridized carbons (Fsp3) is 0. The average molecular weight is 287 g/mol. The van der Waals surface area contributed by atoms with Crippen LogP contribution in [0.25, 0.3) is 5.52 Å². The van der Waals surface area contributed by atoms with Gasteiger partial charge >= 0.3 is 6.03 Å². The van der Waals surface area contributed by atoms with Gasteiger partial charge in [-0.05, 0) is 42.5 Å². The molecule has 1 aromatic carbocycles. The summed E-state index contributed by atoms with van der Waals surface area (Å²) >= 11 is 5.79. The Morgan fingerprint density at radius 1 is 1.05 bits per heavy atom. The molecule has 2 heterocycles. The molecule has 0 radical (unpaired) electrons. The number of carbonyl (C=O) groups excluding carboxylic acids is 1. The van der Waals surface area contributed by atoms with Gasteiger partial charge in [0.05, 0.1) is 5.52 Å². The van der Waals surface area contributed by atoms with Crippen molar-refractivity contribution in [1.29, 1.82) is 0 Å². The van der Waals surface area contributed by atoms with Crippen molar-refractivity contribution < 1.29 is 4.79 Å². The van der Waals surface area contributed by atoms with E-state index in [-0.39, 0.29) is 6.03 Å². The molecule has 6 heteroatoms. The number of nitrogens with zero attached hydrogens (tertiary/aromatic N) is 2. The second kappa shape index (κ2) is 5.22. The summed E-state index contributed by atoms with van der Waals surface area (Å²) in [5, 5.41) is 10.2. The Kier molecular flexibility index (Phi) is 3.26. The van der Waals surface area contributed by atoms with Crippen LogP contribution in [0.15, 0.2) is 54.9 Å². The molecule has 0 saturated carbocycles. The van der Waals surface area contributed by atoms with Crippen molar-refractivity contribution in [2.75, 3.05) is 10.6 Å². The number of fused-ring (bicyclic) bond motifs is 1. The zero-order chi connectivity index (χ0) is 13.9. The number of anilines is 2. The SMILES string of the molecule is O=C(Nc1ccc(Cl)cc1)Nc1ccn2nccc2c1. The molecular weight excluding hydrogens is 276 g/mol. The number of urea groups is 1. The van der Waals surface area contributed by atoms with Gasteiger partial charge in [-0.3, -0.25) is 0 Å². The molecule has 5 nitrogen and oxygen atoms in total. The fourth-order valence-electron chi connectivity index (χ4n) is 1.83. The molecule has 2 aromatic heterocycles. The van der Waals surface area contributed by atoms with Crippen LogP contribution in [-0.4, -0.2) is 15.6 Å². The van der Waals surface area contributed by atoms with Gasteiger partial charge in [0.25, 0.3) is 0 Å². The standard InChI is InChI=1S/C14H11ClN4O/c15-10-1-3-11(4-2-10)17-14(20)18-12-6-8-19-13(9-12)5-7-16-19/h1-9H,(H2,17,18,20). The Labute approximate surface area is 120 Å². The number of hydrogen-bond donors (Lipinski definition) is 2. The summed E-state index contributed by atoms with van der Waals surface area (Å²) < 4.78 is 1.72. The van der Waals surface area contributed by atoms with E-state index >= 15 is 0 Å². The number of amides is 2. The van der Waals surface area contributed by atoms with Gasteiger partial charge in [0.1, 0.15) is 0 Å². The molecule has 0 bridgehead atoms. The highest BCUT2D eigenvalue weighted by atomic mass is 35.5. The van der Waals surface area contributed by atoms with E-state index in [1.807, 2.05) is 12.1 Å². The number of carbonyl (C=O) groups is 1. The van der Waals surface area contributed by atoms with Crippen LogP contribution >= 0.6 is 11.6 Å². The van der Waals surface area contributed by atoms with Gasteiger partial charge in [0.15, 0.2) is 0 Å². The Morgan fingerprint density at radius 2 is 1.80 bits per heavy atom. The van der Waals surface area contributed by atoms with E-state index in [1.165, 1.54) is 0 Å². The van der Waals surface area contributed by atoms with Crippen LogP contribution in [-0.2, 0) is 0 Å². The molecule has 0 spiro atoms. The first-order valence-electron chi connectivity index (χ1n) is 5.98. The highest BCUT2D eigenvalue weighted by Crippen LogP contribution is 2.15. The lowest BCUT2D eigenvalue weighted by Gasteiger charge is -2.08. The molecule has 0 saturated heterocycles. The molecule has 100 valence electrons. The second-order valence-corrected chi connectivity index (χ2v) is 4.64. The summed E-state index contributed by atoms with van der Waals surface area (Å²) in [5.74, 6) is 0.